The number of hydrogen-bond donors (Lipinski definition) is 3. The Morgan fingerprint density at radius 3 is 1.11 bits per heavy atom. The van der Waals surface area contributed by atoms with E-state index < -0.39 is 0 Å². The molecule has 4 heterocycles. The summed E-state index contributed by atoms with van der Waals surface area (Å²) in [6, 6.07) is 0. The maximum Gasteiger partial charge on any atom is 0.222 e. The van der Waals surface area contributed by atoms with Crippen LogP contribution in [-0.4, -0.2) is 38.1 Å². The second-order valence-electron chi connectivity index (χ2n) is 7.12. The van der Waals surface area contributed by atoms with E-state index in [1.807, 2.05) is 14.7 Å². The first-order valence-corrected chi connectivity index (χ1v) is 8.52. The summed E-state index contributed by atoms with van der Waals surface area (Å²) in [6.07, 6.45) is 16.5. The molecule has 102 valence electrons. The first kappa shape index (κ1) is 11.7. The van der Waals surface area contributed by atoms with E-state index in [-0.39, 0.29) is 0 Å². The Hall–Kier alpha value is -0.120. The number of piperidine rings is 3. The number of quaternary nitrogens is 3. The van der Waals surface area contributed by atoms with Gasteiger partial charge in [0.25, 0.3) is 0 Å². The second kappa shape index (κ2) is 4.77. The van der Waals surface area contributed by atoms with Gasteiger partial charge in [0.15, 0.2) is 0 Å². The highest BCUT2D eigenvalue weighted by Crippen LogP contribution is 2.10. The van der Waals surface area contributed by atoms with E-state index in [4.69, 9.17) is 0 Å². The number of rotatable bonds is 0. The molecule has 3 nitrogen and oxygen atoms in total. The predicted molar refractivity (Wildman–Crippen MR) is 70.4 cm³/mol. The molecule has 0 saturated carbocycles. The topological polar surface area (TPSA) is 13.3 Å². The predicted octanol–water partition coefficient (Wildman–Crippen LogP) is -1.82. The molecule has 4 aliphatic heterocycles. The van der Waals surface area contributed by atoms with Crippen LogP contribution in [0, 0.1) is 0 Å². The molecule has 0 radical (unpaired) electrons. The standard InChI is InChI=1S/C15H27N3/c1-4-10-16-13(7-1)17-11-5-2-9-15(17)18-12-6-3-8-14(16)18/h13-15H,1-12H2/p+3. The van der Waals surface area contributed by atoms with Crippen molar-refractivity contribution in [3.8, 4) is 0 Å². The smallest absolute Gasteiger partial charge is 0.222 e. The van der Waals surface area contributed by atoms with E-state index in [0.717, 1.165) is 18.5 Å². The largest absolute Gasteiger partial charge is 0.237 e. The van der Waals surface area contributed by atoms with Crippen LogP contribution in [0.4, 0.5) is 0 Å². The van der Waals surface area contributed by atoms with Crippen LogP contribution in [-0.2, 0) is 0 Å². The van der Waals surface area contributed by atoms with Gasteiger partial charge in [-0.1, -0.05) is 0 Å². The van der Waals surface area contributed by atoms with Crippen LogP contribution < -0.4 is 14.7 Å². The van der Waals surface area contributed by atoms with Crippen molar-refractivity contribution in [2.45, 2.75) is 76.3 Å². The van der Waals surface area contributed by atoms with Crippen LogP contribution in [0.3, 0.4) is 0 Å². The van der Waals surface area contributed by atoms with Crippen LogP contribution >= 0.6 is 0 Å². The highest BCUT2D eigenvalue weighted by molar-refractivity contribution is 4.64. The van der Waals surface area contributed by atoms with Crippen LogP contribution in [0.25, 0.3) is 0 Å². The van der Waals surface area contributed by atoms with Crippen molar-refractivity contribution in [3.63, 3.8) is 0 Å². The van der Waals surface area contributed by atoms with Crippen molar-refractivity contribution in [2.24, 2.45) is 0 Å². The van der Waals surface area contributed by atoms with E-state index >= 15 is 0 Å². The summed E-state index contributed by atoms with van der Waals surface area (Å²) >= 11 is 0. The Labute approximate surface area is 111 Å². The van der Waals surface area contributed by atoms with Crippen molar-refractivity contribution >= 4 is 0 Å². The third kappa shape index (κ3) is 1.75. The van der Waals surface area contributed by atoms with E-state index in [1.54, 1.807) is 0 Å². The monoisotopic (exact) mass is 252 g/mol. The van der Waals surface area contributed by atoms with Gasteiger partial charge in [0, 0.05) is 0 Å². The highest BCUT2D eigenvalue weighted by atomic mass is 15.6. The lowest BCUT2D eigenvalue weighted by Crippen LogP contribution is -3.58. The van der Waals surface area contributed by atoms with Gasteiger partial charge in [0.1, 0.15) is 0 Å². The average molecular weight is 252 g/mol. The summed E-state index contributed by atoms with van der Waals surface area (Å²) in [4.78, 5) is 6.05. The fourth-order valence-corrected chi connectivity index (χ4v) is 5.63. The quantitative estimate of drug-likeness (QED) is 0.450. The van der Waals surface area contributed by atoms with Crippen LogP contribution in [0.2, 0.25) is 0 Å². The molecule has 0 aromatic heterocycles. The Kier molecular flexibility index (Phi) is 3.10. The molecule has 4 fully saturated rings. The lowest BCUT2D eigenvalue weighted by atomic mass is 9.93. The third-order valence-corrected chi connectivity index (χ3v) is 6.31. The third-order valence-electron chi connectivity index (χ3n) is 6.31. The van der Waals surface area contributed by atoms with Crippen molar-refractivity contribution < 1.29 is 14.7 Å². The van der Waals surface area contributed by atoms with Gasteiger partial charge < -0.3 is 0 Å². The van der Waals surface area contributed by atoms with Gasteiger partial charge in [0.05, 0.1) is 38.9 Å². The van der Waals surface area contributed by atoms with Gasteiger partial charge in [0.2, 0.25) is 18.5 Å². The summed E-state index contributed by atoms with van der Waals surface area (Å²) in [6.45, 7) is 4.44. The normalized spacial score (nSPS) is 52.0. The number of nitrogens with one attached hydrogen (secondary N) is 3. The highest BCUT2D eigenvalue weighted by Gasteiger charge is 2.56. The van der Waals surface area contributed by atoms with Crippen molar-refractivity contribution in [1.82, 2.24) is 0 Å². The number of hydrogen-bond acceptors (Lipinski definition) is 0. The van der Waals surface area contributed by atoms with E-state index in [0.29, 0.717) is 0 Å². The van der Waals surface area contributed by atoms with Gasteiger partial charge >= 0.3 is 0 Å². The first-order valence-electron chi connectivity index (χ1n) is 8.52. The molecule has 0 spiro atoms. The minimum Gasteiger partial charge on any atom is -0.237 e. The molecule has 18 heavy (non-hydrogen) atoms. The molecule has 4 rings (SSSR count). The fourth-order valence-electron chi connectivity index (χ4n) is 5.63. The van der Waals surface area contributed by atoms with Crippen LogP contribution in [0.1, 0.15) is 57.8 Å². The second-order valence-corrected chi connectivity index (χ2v) is 7.12. The minimum atomic E-state index is 0.982. The molecule has 0 aromatic carbocycles. The minimum absolute atomic E-state index is 0.982. The van der Waals surface area contributed by atoms with Gasteiger partial charge in [-0.15, -0.1) is 0 Å². The summed E-state index contributed by atoms with van der Waals surface area (Å²) in [5.74, 6) is 0. The molecule has 3 N–H and O–H groups in total. The van der Waals surface area contributed by atoms with Gasteiger partial charge in [-0.2, -0.15) is 0 Å². The maximum absolute atomic E-state index is 2.02. The average Bonchev–Trinajstić information content (AvgIpc) is 2.48. The molecule has 0 bridgehead atoms. The zero-order valence-corrected chi connectivity index (χ0v) is 11.7. The summed E-state index contributed by atoms with van der Waals surface area (Å²) in [7, 11) is 0. The molecular formula is C15H30N3+3. The fraction of sp³-hybridized carbons (Fsp3) is 1.00. The molecule has 4 aliphatic rings. The summed E-state index contributed by atoms with van der Waals surface area (Å²) in [5.41, 5.74) is 0. The maximum atomic E-state index is 2.02. The van der Waals surface area contributed by atoms with Crippen molar-refractivity contribution in [1.29, 1.82) is 0 Å². The van der Waals surface area contributed by atoms with Gasteiger partial charge in [-0.05, 0) is 38.5 Å². The Balaban J connectivity index is 1.64. The lowest BCUT2D eigenvalue weighted by Gasteiger charge is -2.53. The zero-order chi connectivity index (χ0) is 11.9. The first-order chi connectivity index (χ1) is 8.95. The Morgan fingerprint density at radius 2 is 0.778 bits per heavy atom. The molecule has 0 amide bonds. The van der Waals surface area contributed by atoms with Gasteiger partial charge in [-0.3, -0.25) is 0 Å². The molecule has 0 aromatic rings. The number of fused-ring (bicyclic) bond motifs is 6. The SMILES string of the molecule is C1CC[NH+]2C(C1)[NH+]1CCCCC1[NH+]1CCCCC21. The van der Waals surface area contributed by atoms with E-state index in [9.17, 15) is 0 Å². The molecule has 0 atom stereocenters. The summed E-state index contributed by atoms with van der Waals surface area (Å²) in [5, 5.41) is 0. The molecule has 4 saturated heterocycles. The molecular weight excluding hydrogens is 222 g/mol. The van der Waals surface area contributed by atoms with E-state index in [1.165, 1.54) is 77.4 Å². The van der Waals surface area contributed by atoms with Crippen molar-refractivity contribution in [2.75, 3.05) is 19.6 Å². The van der Waals surface area contributed by atoms with Crippen LogP contribution in [0.5, 0.6) is 0 Å². The van der Waals surface area contributed by atoms with E-state index in [2.05, 4.69) is 0 Å². The van der Waals surface area contributed by atoms with Gasteiger partial charge in [-0.25, -0.2) is 14.7 Å². The van der Waals surface area contributed by atoms with Crippen LogP contribution in [0.15, 0.2) is 0 Å². The Bertz CT molecular complexity index is 217. The lowest BCUT2D eigenvalue weighted by molar-refractivity contribution is -1.33. The summed E-state index contributed by atoms with van der Waals surface area (Å²) < 4.78 is 0. The molecule has 0 unspecified atom stereocenters. The van der Waals surface area contributed by atoms with Crippen molar-refractivity contribution in [3.05, 3.63) is 0 Å². The molecule has 0 aliphatic carbocycles. The Morgan fingerprint density at radius 1 is 0.444 bits per heavy atom. The zero-order valence-electron chi connectivity index (χ0n) is 11.7. The molecule has 3 heteroatoms.